The van der Waals surface area contributed by atoms with Crippen LogP contribution in [0.15, 0.2) is 30.5 Å². The Kier molecular flexibility index (Phi) is 2.32. The van der Waals surface area contributed by atoms with Gasteiger partial charge in [0, 0.05) is 30.5 Å². The van der Waals surface area contributed by atoms with Crippen LogP contribution in [0.1, 0.15) is 11.1 Å². The molecule has 0 radical (unpaired) electrons. The van der Waals surface area contributed by atoms with Crippen LogP contribution in [0.3, 0.4) is 0 Å². The SMILES string of the molecule is Cc1ccc2nc3c(C)c(N4CC(O)C4)ccn3c2c1. The first-order valence-corrected chi connectivity index (χ1v) is 6.94. The number of benzene rings is 1. The van der Waals surface area contributed by atoms with E-state index in [0.717, 1.165) is 29.8 Å². The molecule has 4 heteroatoms. The van der Waals surface area contributed by atoms with Crippen LogP contribution in [-0.2, 0) is 0 Å². The highest BCUT2D eigenvalue weighted by molar-refractivity contribution is 5.83. The quantitative estimate of drug-likeness (QED) is 0.735. The summed E-state index contributed by atoms with van der Waals surface area (Å²) in [6.45, 7) is 5.64. The highest BCUT2D eigenvalue weighted by atomic mass is 16.3. The lowest BCUT2D eigenvalue weighted by atomic mass is 10.1. The van der Waals surface area contributed by atoms with E-state index in [0.29, 0.717) is 0 Å². The van der Waals surface area contributed by atoms with Crippen molar-refractivity contribution in [3.8, 4) is 0 Å². The number of aromatic nitrogens is 2. The van der Waals surface area contributed by atoms with E-state index in [-0.39, 0.29) is 6.10 Å². The predicted octanol–water partition coefficient (Wildman–Crippen LogP) is 2.29. The summed E-state index contributed by atoms with van der Waals surface area (Å²) in [5, 5.41) is 9.47. The topological polar surface area (TPSA) is 40.8 Å². The van der Waals surface area contributed by atoms with Crippen molar-refractivity contribution < 1.29 is 5.11 Å². The first-order chi connectivity index (χ1) is 9.63. The maximum atomic E-state index is 9.47. The number of β-amino-alcohol motifs (C(OH)–C–C–N with tert-alkyl or cyclic N) is 1. The van der Waals surface area contributed by atoms with E-state index in [2.05, 4.69) is 53.6 Å². The lowest BCUT2D eigenvalue weighted by Gasteiger charge is -2.38. The first-order valence-electron chi connectivity index (χ1n) is 6.94. The van der Waals surface area contributed by atoms with Crippen molar-refractivity contribution in [2.45, 2.75) is 20.0 Å². The number of hydrogen-bond donors (Lipinski definition) is 1. The van der Waals surface area contributed by atoms with E-state index in [1.165, 1.54) is 16.8 Å². The molecule has 1 fully saturated rings. The van der Waals surface area contributed by atoms with E-state index in [9.17, 15) is 5.11 Å². The van der Waals surface area contributed by atoms with Crippen LogP contribution in [-0.4, -0.2) is 33.7 Å². The molecule has 0 amide bonds. The van der Waals surface area contributed by atoms with Crippen LogP contribution < -0.4 is 4.90 Å². The minimum absolute atomic E-state index is 0.188. The van der Waals surface area contributed by atoms with Crippen molar-refractivity contribution in [2.75, 3.05) is 18.0 Å². The number of hydrogen-bond acceptors (Lipinski definition) is 3. The molecule has 0 bridgehead atoms. The summed E-state index contributed by atoms with van der Waals surface area (Å²) < 4.78 is 2.15. The Morgan fingerprint density at radius 1 is 1.20 bits per heavy atom. The number of aryl methyl sites for hydroxylation is 2. The fourth-order valence-electron chi connectivity index (χ4n) is 3.00. The molecule has 0 aliphatic carbocycles. The van der Waals surface area contributed by atoms with Gasteiger partial charge in [0.1, 0.15) is 5.65 Å². The molecule has 3 heterocycles. The molecule has 4 rings (SSSR count). The van der Waals surface area contributed by atoms with Gasteiger partial charge in [-0.3, -0.25) is 4.40 Å². The summed E-state index contributed by atoms with van der Waals surface area (Å²) in [6, 6.07) is 8.46. The molecule has 102 valence electrons. The summed E-state index contributed by atoms with van der Waals surface area (Å²) in [5.74, 6) is 0. The maximum absolute atomic E-state index is 9.47. The second-order valence-corrected chi connectivity index (χ2v) is 5.68. The minimum atomic E-state index is -0.188. The van der Waals surface area contributed by atoms with Crippen LogP contribution in [0.4, 0.5) is 5.69 Å². The van der Waals surface area contributed by atoms with Crippen LogP contribution in [0.25, 0.3) is 16.7 Å². The zero-order valence-corrected chi connectivity index (χ0v) is 11.7. The highest BCUT2D eigenvalue weighted by Crippen LogP contribution is 2.29. The number of imidazole rings is 1. The van der Waals surface area contributed by atoms with Crippen molar-refractivity contribution in [1.29, 1.82) is 0 Å². The molecular weight excluding hydrogens is 250 g/mol. The second-order valence-electron chi connectivity index (χ2n) is 5.68. The zero-order chi connectivity index (χ0) is 13.9. The Labute approximate surface area is 117 Å². The molecule has 1 aromatic carbocycles. The normalized spacial score (nSPS) is 16.1. The fourth-order valence-corrected chi connectivity index (χ4v) is 3.00. The lowest BCUT2D eigenvalue weighted by Crippen LogP contribution is -2.51. The van der Waals surface area contributed by atoms with Crippen molar-refractivity contribution in [3.05, 3.63) is 41.6 Å². The van der Waals surface area contributed by atoms with Gasteiger partial charge in [0.25, 0.3) is 0 Å². The average Bonchev–Trinajstić information content (AvgIpc) is 2.75. The van der Waals surface area contributed by atoms with Gasteiger partial charge in [-0.25, -0.2) is 4.98 Å². The number of fused-ring (bicyclic) bond motifs is 3. The van der Waals surface area contributed by atoms with Crippen LogP contribution in [0, 0.1) is 13.8 Å². The summed E-state index contributed by atoms with van der Waals surface area (Å²) in [4.78, 5) is 6.95. The number of pyridine rings is 1. The van der Waals surface area contributed by atoms with Gasteiger partial charge in [0.05, 0.1) is 17.1 Å². The Hall–Kier alpha value is -2.07. The van der Waals surface area contributed by atoms with Crippen LogP contribution >= 0.6 is 0 Å². The summed E-state index contributed by atoms with van der Waals surface area (Å²) in [6.07, 6.45) is 1.89. The summed E-state index contributed by atoms with van der Waals surface area (Å²) in [7, 11) is 0. The number of aliphatic hydroxyl groups excluding tert-OH is 1. The van der Waals surface area contributed by atoms with E-state index < -0.39 is 0 Å². The molecular formula is C16H17N3O. The molecule has 4 nitrogen and oxygen atoms in total. The highest BCUT2D eigenvalue weighted by Gasteiger charge is 2.26. The summed E-state index contributed by atoms with van der Waals surface area (Å²) >= 11 is 0. The van der Waals surface area contributed by atoms with E-state index in [4.69, 9.17) is 4.98 Å². The van der Waals surface area contributed by atoms with Gasteiger partial charge >= 0.3 is 0 Å². The smallest absolute Gasteiger partial charge is 0.142 e. The molecule has 0 spiro atoms. The first kappa shape index (κ1) is 11.7. The Morgan fingerprint density at radius 2 is 2.00 bits per heavy atom. The largest absolute Gasteiger partial charge is 0.389 e. The molecule has 1 aliphatic heterocycles. The van der Waals surface area contributed by atoms with E-state index in [1.54, 1.807) is 0 Å². The summed E-state index contributed by atoms with van der Waals surface area (Å²) in [5.41, 5.74) is 6.78. The molecule has 1 N–H and O–H groups in total. The molecule has 20 heavy (non-hydrogen) atoms. The Balaban J connectivity index is 1.95. The average molecular weight is 267 g/mol. The third-order valence-electron chi connectivity index (χ3n) is 4.15. The van der Waals surface area contributed by atoms with Gasteiger partial charge in [-0.2, -0.15) is 0 Å². The van der Waals surface area contributed by atoms with Gasteiger partial charge in [0.15, 0.2) is 0 Å². The lowest BCUT2D eigenvalue weighted by molar-refractivity contribution is 0.142. The monoisotopic (exact) mass is 267 g/mol. The second kappa shape index (κ2) is 3.96. The number of nitrogens with zero attached hydrogens (tertiary/aromatic N) is 3. The van der Waals surface area contributed by atoms with Crippen LogP contribution in [0.5, 0.6) is 0 Å². The van der Waals surface area contributed by atoms with E-state index >= 15 is 0 Å². The predicted molar refractivity (Wildman–Crippen MR) is 80.4 cm³/mol. The third-order valence-corrected chi connectivity index (χ3v) is 4.15. The fraction of sp³-hybridized carbons (Fsp3) is 0.312. The van der Waals surface area contributed by atoms with E-state index in [1.807, 2.05) is 0 Å². The minimum Gasteiger partial charge on any atom is -0.389 e. The van der Waals surface area contributed by atoms with Gasteiger partial charge in [-0.05, 0) is 37.6 Å². The van der Waals surface area contributed by atoms with Gasteiger partial charge < -0.3 is 10.0 Å². The zero-order valence-electron chi connectivity index (χ0n) is 11.7. The molecule has 2 aromatic heterocycles. The molecule has 1 saturated heterocycles. The third kappa shape index (κ3) is 1.55. The molecule has 3 aromatic rings. The number of rotatable bonds is 1. The van der Waals surface area contributed by atoms with Crippen molar-refractivity contribution >= 4 is 22.4 Å². The molecule has 1 aliphatic rings. The Bertz CT molecular complexity index is 815. The maximum Gasteiger partial charge on any atom is 0.142 e. The number of aliphatic hydroxyl groups is 1. The van der Waals surface area contributed by atoms with Gasteiger partial charge in [-0.15, -0.1) is 0 Å². The molecule has 0 saturated carbocycles. The van der Waals surface area contributed by atoms with Crippen molar-refractivity contribution in [1.82, 2.24) is 9.38 Å². The molecule has 0 atom stereocenters. The molecule has 0 unspecified atom stereocenters. The van der Waals surface area contributed by atoms with Crippen molar-refractivity contribution in [2.24, 2.45) is 0 Å². The van der Waals surface area contributed by atoms with Gasteiger partial charge in [0.2, 0.25) is 0 Å². The standard InChI is InChI=1S/C16H17N3O/c1-10-3-4-13-15(7-10)19-6-5-14(11(2)16(19)17-13)18-8-12(20)9-18/h3-7,12,20H,8-9H2,1-2H3. The van der Waals surface area contributed by atoms with Crippen LogP contribution in [0.2, 0.25) is 0 Å². The van der Waals surface area contributed by atoms with Gasteiger partial charge in [-0.1, -0.05) is 6.07 Å². The number of anilines is 1. The Morgan fingerprint density at radius 3 is 2.75 bits per heavy atom. The van der Waals surface area contributed by atoms with Crippen molar-refractivity contribution in [3.63, 3.8) is 0 Å².